The van der Waals surface area contributed by atoms with Crippen LogP contribution in [0.4, 0.5) is 10.1 Å². The Bertz CT molecular complexity index is 837. The summed E-state index contributed by atoms with van der Waals surface area (Å²) in [6, 6.07) is 10.8. The fourth-order valence-electron chi connectivity index (χ4n) is 3.51. The molecular formula is C26H35FN2O3. The monoisotopic (exact) mass is 442 g/mol. The van der Waals surface area contributed by atoms with Crippen LogP contribution in [0.1, 0.15) is 87.1 Å². The number of benzene rings is 2. The lowest BCUT2D eigenvalue weighted by Gasteiger charge is -2.09. The minimum Gasteiger partial charge on any atom is -0.494 e. The minimum absolute atomic E-state index is 0.00867. The quantitative estimate of drug-likeness (QED) is 0.102. The predicted molar refractivity (Wildman–Crippen MR) is 127 cm³/mol. The summed E-state index contributed by atoms with van der Waals surface area (Å²) in [4.78, 5) is 15.5. The molecule has 0 aromatic heterocycles. The van der Waals surface area contributed by atoms with Gasteiger partial charge < -0.3 is 4.74 Å². The Balaban J connectivity index is 1.75. The number of hydrogen-bond acceptors (Lipinski definition) is 4. The number of carbonyl (C=O) groups is 1. The van der Waals surface area contributed by atoms with Crippen molar-refractivity contribution in [3.05, 3.63) is 59.4 Å². The van der Waals surface area contributed by atoms with Crippen molar-refractivity contribution in [2.24, 2.45) is 4.99 Å². The number of hydrogen-bond donors (Lipinski definition) is 2. The molecule has 0 aliphatic heterocycles. The van der Waals surface area contributed by atoms with E-state index < -0.39 is 5.82 Å². The zero-order valence-electron chi connectivity index (χ0n) is 19.0. The maximum atomic E-state index is 13.6. The summed E-state index contributed by atoms with van der Waals surface area (Å²) in [5.41, 5.74) is 2.90. The molecule has 0 aliphatic carbocycles. The summed E-state index contributed by atoms with van der Waals surface area (Å²) in [6.07, 6.45) is 13.4. The van der Waals surface area contributed by atoms with E-state index in [1.807, 2.05) is 5.48 Å². The van der Waals surface area contributed by atoms with Crippen LogP contribution in [-0.4, -0.2) is 23.9 Å². The molecule has 0 heterocycles. The van der Waals surface area contributed by atoms with E-state index in [2.05, 4.69) is 11.9 Å². The number of aldehydes is 1. The number of nitrogens with one attached hydrogen (secondary N) is 1. The first-order chi connectivity index (χ1) is 15.7. The summed E-state index contributed by atoms with van der Waals surface area (Å²) in [7, 11) is 0. The SMILES string of the molecule is CCCCCCCCCCCCOc1ccc(N=C(NO)c2cc(F)ccc2C=O)cc1. The topological polar surface area (TPSA) is 70.9 Å². The molecule has 5 nitrogen and oxygen atoms in total. The molecule has 0 aliphatic rings. The van der Waals surface area contributed by atoms with Crippen LogP contribution >= 0.6 is 0 Å². The van der Waals surface area contributed by atoms with Crippen molar-refractivity contribution in [1.82, 2.24) is 5.48 Å². The summed E-state index contributed by atoms with van der Waals surface area (Å²) in [6.45, 7) is 2.92. The third kappa shape index (κ3) is 9.18. The van der Waals surface area contributed by atoms with E-state index in [9.17, 15) is 14.4 Å². The number of carbonyl (C=O) groups excluding carboxylic acids is 1. The van der Waals surface area contributed by atoms with Crippen LogP contribution in [0.2, 0.25) is 0 Å². The molecule has 174 valence electrons. The number of halogens is 1. The molecule has 6 heteroatoms. The van der Waals surface area contributed by atoms with Crippen LogP contribution in [-0.2, 0) is 0 Å². The first-order valence-electron chi connectivity index (χ1n) is 11.6. The number of rotatable bonds is 15. The van der Waals surface area contributed by atoms with Crippen LogP contribution in [0, 0.1) is 5.82 Å². The van der Waals surface area contributed by atoms with Crippen LogP contribution in [0.5, 0.6) is 5.75 Å². The van der Waals surface area contributed by atoms with Gasteiger partial charge in [-0.1, -0.05) is 64.7 Å². The molecule has 0 atom stereocenters. The summed E-state index contributed by atoms with van der Waals surface area (Å²) in [5.74, 6) is 0.215. The molecule has 0 fully saturated rings. The first-order valence-corrected chi connectivity index (χ1v) is 11.6. The molecule has 2 aromatic carbocycles. The van der Waals surface area contributed by atoms with Gasteiger partial charge in [0.2, 0.25) is 0 Å². The molecule has 0 unspecified atom stereocenters. The average molecular weight is 443 g/mol. The van der Waals surface area contributed by atoms with Gasteiger partial charge in [0.15, 0.2) is 12.1 Å². The lowest BCUT2D eigenvalue weighted by atomic mass is 10.1. The molecule has 0 saturated carbocycles. The smallest absolute Gasteiger partial charge is 0.158 e. The molecule has 0 bridgehead atoms. The van der Waals surface area contributed by atoms with E-state index in [-0.39, 0.29) is 17.0 Å². The molecule has 0 saturated heterocycles. The Morgan fingerprint density at radius 1 is 0.969 bits per heavy atom. The molecule has 0 spiro atoms. The maximum Gasteiger partial charge on any atom is 0.158 e. The maximum absolute atomic E-state index is 13.6. The van der Waals surface area contributed by atoms with Crippen molar-refractivity contribution in [1.29, 1.82) is 0 Å². The van der Waals surface area contributed by atoms with Gasteiger partial charge in [-0.15, -0.1) is 0 Å². The van der Waals surface area contributed by atoms with Crippen molar-refractivity contribution in [3.63, 3.8) is 0 Å². The Kier molecular flexibility index (Phi) is 12.1. The third-order valence-electron chi connectivity index (χ3n) is 5.35. The minimum atomic E-state index is -0.524. The van der Waals surface area contributed by atoms with E-state index in [1.54, 1.807) is 24.3 Å². The van der Waals surface area contributed by atoms with Crippen molar-refractivity contribution >= 4 is 17.8 Å². The van der Waals surface area contributed by atoms with Gasteiger partial charge in [0.25, 0.3) is 0 Å². The molecule has 0 amide bonds. The van der Waals surface area contributed by atoms with Crippen molar-refractivity contribution in [2.75, 3.05) is 6.61 Å². The third-order valence-corrected chi connectivity index (χ3v) is 5.35. The highest BCUT2D eigenvalue weighted by atomic mass is 19.1. The van der Waals surface area contributed by atoms with Crippen LogP contribution in [0.3, 0.4) is 0 Å². The second kappa shape index (κ2) is 15.1. The first kappa shape index (κ1) is 25.5. The normalized spacial score (nSPS) is 11.4. The van der Waals surface area contributed by atoms with Crippen LogP contribution in [0.25, 0.3) is 0 Å². The predicted octanol–water partition coefficient (Wildman–Crippen LogP) is 7.00. The number of ether oxygens (including phenoxy) is 1. The Morgan fingerprint density at radius 3 is 2.19 bits per heavy atom. The van der Waals surface area contributed by atoms with Gasteiger partial charge in [0, 0.05) is 11.1 Å². The Hall–Kier alpha value is -2.73. The van der Waals surface area contributed by atoms with E-state index in [4.69, 9.17) is 4.74 Å². The summed E-state index contributed by atoms with van der Waals surface area (Å²) in [5, 5.41) is 9.43. The largest absolute Gasteiger partial charge is 0.494 e. The molecule has 2 N–H and O–H groups in total. The zero-order chi connectivity index (χ0) is 23.0. The molecule has 32 heavy (non-hydrogen) atoms. The molecule has 0 radical (unpaired) electrons. The van der Waals surface area contributed by atoms with E-state index in [1.165, 1.54) is 69.9 Å². The van der Waals surface area contributed by atoms with Gasteiger partial charge >= 0.3 is 0 Å². The second-order valence-corrected chi connectivity index (χ2v) is 7.95. The number of aliphatic imine (C=N–C) groups is 1. The summed E-state index contributed by atoms with van der Waals surface area (Å²) < 4.78 is 19.4. The van der Waals surface area contributed by atoms with E-state index in [0.717, 1.165) is 18.2 Å². The highest BCUT2D eigenvalue weighted by Gasteiger charge is 2.10. The molecular weight excluding hydrogens is 407 g/mol. The van der Waals surface area contributed by atoms with Gasteiger partial charge in [-0.3, -0.25) is 15.5 Å². The Labute approximate surface area is 190 Å². The van der Waals surface area contributed by atoms with E-state index >= 15 is 0 Å². The van der Waals surface area contributed by atoms with Gasteiger partial charge in [-0.05, 0) is 48.9 Å². The van der Waals surface area contributed by atoms with Crippen molar-refractivity contribution < 1.29 is 19.1 Å². The highest BCUT2D eigenvalue weighted by molar-refractivity contribution is 6.05. The Morgan fingerprint density at radius 2 is 1.59 bits per heavy atom. The number of hydroxylamine groups is 1. The second-order valence-electron chi connectivity index (χ2n) is 7.95. The lowest BCUT2D eigenvalue weighted by Crippen LogP contribution is -2.21. The number of nitrogens with zero attached hydrogens (tertiary/aromatic N) is 1. The summed E-state index contributed by atoms with van der Waals surface area (Å²) >= 11 is 0. The van der Waals surface area contributed by atoms with Crippen molar-refractivity contribution in [3.8, 4) is 5.75 Å². The van der Waals surface area contributed by atoms with Crippen LogP contribution in [0.15, 0.2) is 47.5 Å². The zero-order valence-corrected chi connectivity index (χ0v) is 19.0. The van der Waals surface area contributed by atoms with E-state index in [0.29, 0.717) is 18.6 Å². The van der Waals surface area contributed by atoms with Gasteiger partial charge in [0.05, 0.1) is 12.3 Å². The molecule has 2 aromatic rings. The van der Waals surface area contributed by atoms with Gasteiger partial charge in [0.1, 0.15) is 11.6 Å². The van der Waals surface area contributed by atoms with Gasteiger partial charge in [-0.2, -0.15) is 0 Å². The fraction of sp³-hybridized carbons (Fsp3) is 0.462. The van der Waals surface area contributed by atoms with Crippen LogP contribution < -0.4 is 10.2 Å². The molecule has 2 rings (SSSR count). The number of unbranched alkanes of at least 4 members (excludes halogenated alkanes) is 9. The lowest BCUT2D eigenvalue weighted by molar-refractivity contribution is 0.112. The fourth-order valence-corrected chi connectivity index (χ4v) is 3.51. The van der Waals surface area contributed by atoms with Crippen molar-refractivity contribution in [2.45, 2.75) is 71.1 Å². The average Bonchev–Trinajstić information content (AvgIpc) is 2.82. The number of amidine groups is 1. The standard InChI is InChI=1S/C26H35FN2O3/c1-2-3-4-5-6-7-8-9-10-11-18-32-24-16-14-23(15-17-24)28-26(29-31)25-19-22(27)13-12-21(25)20-30/h12-17,19-20,31H,2-11,18H2,1H3,(H,28,29). The van der Waals surface area contributed by atoms with Gasteiger partial charge in [-0.25, -0.2) is 9.38 Å². The highest BCUT2D eigenvalue weighted by Crippen LogP contribution is 2.20.